The zero-order valence-corrected chi connectivity index (χ0v) is 14.9. The van der Waals surface area contributed by atoms with Crippen LogP contribution in [-0.4, -0.2) is 42.5 Å². The molecule has 1 aromatic heterocycles. The van der Waals surface area contributed by atoms with Crippen LogP contribution in [0.4, 0.5) is 0 Å². The molecule has 0 aliphatic carbocycles. The van der Waals surface area contributed by atoms with Crippen molar-refractivity contribution in [1.29, 1.82) is 0 Å². The summed E-state index contributed by atoms with van der Waals surface area (Å²) in [5.74, 6) is 0.304. The van der Waals surface area contributed by atoms with E-state index in [0.717, 1.165) is 0 Å². The van der Waals surface area contributed by atoms with Crippen molar-refractivity contribution in [2.75, 3.05) is 13.1 Å². The number of rotatable bonds is 5. The van der Waals surface area contributed by atoms with Crippen LogP contribution in [0.5, 0.6) is 0 Å². The minimum Gasteiger partial charge on any atom is -0.412 e. The first-order chi connectivity index (χ1) is 12.0. The second-order valence-electron chi connectivity index (χ2n) is 6.16. The van der Waals surface area contributed by atoms with Crippen molar-refractivity contribution in [2.24, 2.45) is 0 Å². The number of carbonyl (C=O) groups excluding carboxylic acids is 1. The van der Waals surface area contributed by atoms with Crippen molar-refractivity contribution in [3.8, 4) is 0 Å². The van der Waals surface area contributed by atoms with E-state index in [4.69, 9.17) is 4.42 Å². The largest absolute Gasteiger partial charge is 0.412 e. The van der Waals surface area contributed by atoms with Crippen LogP contribution in [0.2, 0.25) is 0 Å². The van der Waals surface area contributed by atoms with Crippen LogP contribution < -0.4 is 0 Å². The molecule has 3 rings (SSSR count). The van der Waals surface area contributed by atoms with Crippen LogP contribution in [0.15, 0.2) is 40.0 Å². The molecular formula is C17H21N3O4S. The number of likely N-dealkylation sites (tertiary alicyclic amines) is 1. The molecule has 134 valence electrons. The van der Waals surface area contributed by atoms with Gasteiger partial charge in [-0.2, -0.15) is 0 Å². The van der Waals surface area contributed by atoms with Gasteiger partial charge in [0, 0.05) is 25.4 Å². The fraction of sp³-hybridized carbons (Fsp3) is 0.471. The lowest BCUT2D eigenvalue weighted by atomic mass is 9.97. The summed E-state index contributed by atoms with van der Waals surface area (Å²) >= 11 is 0. The monoisotopic (exact) mass is 363 g/mol. The van der Waals surface area contributed by atoms with Crippen molar-refractivity contribution in [3.63, 3.8) is 0 Å². The molecule has 1 fully saturated rings. The number of carbonyl (C=O) groups is 1. The third-order valence-corrected chi connectivity index (χ3v) is 5.80. The van der Waals surface area contributed by atoms with E-state index in [1.54, 1.807) is 24.3 Å². The van der Waals surface area contributed by atoms with E-state index in [9.17, 15) is 13.2 Å². The van der Waals surface area contributed by atoms with Gasteiger partial charge >= 0.3 is 5.22 Å². The van der Waals surface area contributed by atoms with E-state index in [-0.39, 0.29) is 22.8 Å². The summed E-state index contributed by atoms with van der Waals surface area (Å²) in [6.45, 7) is 3.11. The number of amides is 1. The fourth-order valence-corrected chi connectivity index (χ4v) is 4.10. The second kappa shape index (κ2) is 7.35. The van der Waals surface area contributed by atoms with E-state index < -0.39 is 9.84 Å². The molecule has 25 heavy (non-hydrogen) atoms. The van der Waals surface area contributed by atoms with Gasteiger partial charge in [-0.1, -0.05) is 42.4 Å². The van der Waals surface area contributed by atoms with Gasteiger partial charge in [-0.3, -0.25) is 4.79 Å². The van der Waals surface area contributed by atoms with Gasteiger partial charge in [-0.05, 0) is 18.4 Å². The highest BCUT2D eigenvalue weighted by atomic mass is 32.2. The Morgan fingerprint density at radius 1 is 1.20 bits per heavy atom. The van der Waals surface area contributed by atoms with E-state index in [0.29, 0.717) is 43.8 Å². The molecule has 0 spiro atoms. The number of hydrogen-bond acceptors (Lipinski definition) is 6. The molecule has 0 atom stereocenters. The minimum atomic E-state index is -3.66. The maximum absolute atomic E-state index is 12.4. The number of nitrogens with zero attached hydrogens (tertiary/aromatic N) is 3. The number of aromatic nitrogens is 2. The van der Waals surface area contributed by atoms with Gasteiger partial charge in [0.15, 0.2) is 0 Å². The third kappa shape index (κ3) is 4.07. The van der Waals surface area contributed by atoms with Crippen LogP contribution in [0, 0.1) is 0 Å². The average Bonchev–Trinajstić information content (AvgIpc) is 3.13. The Bertz CT molecular complexity index is 825. The number of piperidine rings is 1. The first-order valence-corrected chi connectivity index (χ1v) is 10.0. The highest BCUT2D eigenvalue weighted by molar-refractivity contribution is 7.90. The molecule has 0 unspecified atom stereocenters. The highest BCUT2D eigenvalue weighted by Gasteiger charge is 2.29. The third-order valence-electron chi connectivity index (χ3n) is 4.39. The molecule has 2 aromatic rings. The minimum absolute atomic E-state index is 0.00548. The van der Waals surface area contributed by atoms with Gasteiger partial charge in [-0.15, -0.1) is 5.10 Å². The number of benzene rings is 1. The SMILES string of the molecule is CCC(=O)N1CCC(c2nnc(S(=O)(=O)Cc3ccccc3)o2)CC1. The van der Waals surface area contributed by atoms with Crippen molar-refractivity contribution in [2.45, 2.75) is 43.1 Å². The van der Waals surface area contributed by atoms with Crippen LogP contribution in [0.3, 0.4) is 0 Å². The molecule has 2 heterocycles. The summed E-state index contributed by atoms with van der Waals surface area (Å²) in [5, 5.41) is 7.35. The molecule has 0 radical (unpaired) electrons. The van der Waals surface area contributed by atoms with Crippen molar-refractivity contribution in [3.05, 3.63) is 41.8 Å². The zero-order chi connectivity index (χ0) is 17.9. The highest BCUT2D eigenvalue weighted by Crippen LogP contribution is 2.28. The van der Waals surface area contributed by atoms with E-state index in [1.807, 2.05) is 17.9 Å². The maximum Gasteiger partial charge on any atom is 0.335 e. The van der Waals surface area contributed by atoms with E-state index in [2.05, 4.69) is 10.2 Å². The van der Waals surface area contributed by atoms with Gasteiger partial charge in [0.25, 0.3) is 0 Å². The Kier molecular flexibility index (Phi) is 5.17. The predicted molar refractivity (Wildman–Crippen MR) is 90.5 cm³/mol. The topological polar surface area (TPSA) is 93.4 Å². The molecule has 0 N–H and O–H groups in total. The van der Waals surface area contributed by atoms with Crippen molar-refractivity contribution >= 4 is 15.7 Å². The standard InChI is InChI=1S/C17H21N3O4S/c1-2-15(21)20-10-8-14(9-11-20)16-18-19-17(24-16)25(22,23)12-13-6-4-3-5-7-13/h3-7,14H,2,8-12H2,1H3. The number of sulfone groups is 1. The summed E-state index contributed by atoms with van der Waals surface area (Å²) in [7, 11) is -3.66. The first kappa shape index (κ1) is 17.6. The molecule has 1 saturated heterocycles. The molecule has 1 aliphatic rings. The van der Waals surface area contributed by atoms with Gasteiger partial charge in [0.05, 0.1) is 5.75 Å². The molecule has 1 aliphatic heterocycles. The van der Waals surface area contributed by atoms with Gasteiger partial charge in [0.1, 0.15) is 0 Å². The molecule has 1 amide bonds. The Morgan fingerprint density at radius 2 is 1.88 bits per heavy atom. The Morgan fingerprint density at radius 3 is 2.52 bits per heavy atom. The van der Waals surface area contributed by atoms with Gasteiger partial charge in [-0.25, -0.2) is 8.42 Å². The van der Waals surface area contributed by atoms with Crippen LogP contribution >= 0.6 is 0 Å². The lowest BCUT2D eigenvalue weighted by molar-refractivity contribution is -0.131. The van der Waals surface area contributed by atoms with Crippen molar-refractivity contribution < 1.29 is 17.6 Å². The molecule has 7 nitrogen and oxygen atoms in total. The summed E-state index contributed by atoms with van der Waals surface area (Å²) in [6, 6.07) is 8.89. The van der Waals surface area contributed by atoms with Gasteiger partial charge < -0.3 is 9.32 Å². The number of hydrogen-bond donors (Lipinski definition) is 0. The van der Waals surface area contributed by atoms with Crippen molar-refractivity contribution in [1.82, 2.24) is 15.1 Å². The zero-order valence-electron chi connectivity index (χ0n) is 14.1. The molecule has 1 aromatic carbocycles. The normalized spacial score (nSPS) is 16.1. The van der Waals surface area contributed by atoms with Crippen LogP contribution in [0.25, 0.3) is 0 Å². The lowest BCUT2D eigenvalue weighted by Gasteiger charge is -2.30. The van der Waals surface area contributed by atoms with Gasteiger partial charge in [0.2, 0.25) is 21.6 Å². The molecule has 0 saturated carbocycles. The van der Waals surface area contributed by atoms with E-state index >= 15 is 0 Å². The molecule has 8 heteroatoms. The Hall–Kier alpha value is -2.22. The maximum atomic E-state index is 12.4. The quantitative estimate of drug-likeness (QED) is 0.808. The molecular weight excluding hydrogens is 342 g/mol. The predicted octanol–water partition coefficient (Wildman–Crippen LogP) is 2.16. The second-order valence-corrected chi connectivity index (χ2v) is 8.03. The lowest BCUT2D eigenvalue weighted by Crippen LogP contribution is -2.37. The van der Waals surface area contributed by atoms with Crippen LogP contribution in [0.1, 0.15) is 43.6 Å². The Labute approximate surface area is 147 Å². The first-order valence-electron chi connectivity index (χ1n) is 8.37. The smallest absolute Gasteiger partial charge is 0.335 e. The summed E-state index contributed by atoms with van der Waals surface area (Å²) in [6.07, 6.45) is 1.89. The molecule has 0 bridgehead atoms. The van der Waals surface area contributed by atoms with E-state index in [1.165, 1.54) is 0 Å². The van der Waals surface area contributed by atoms with Crippen LogP contribution in [-0.2, 0) is 20.4 Å². The summed E-state index contributed by atoms with van der Waals surface area (Å²) in [5.41, 5.74) is 0.675. The summed E-state index contributed by atoms with van der Waals surface area (Å²) in [4.78, 5) is 13.5. The Balaban J connectivity index is 1.67. The average molecular weight is 363 g/mol. The fourth-order valence-electron chi connectivity index (χ4n) is 2.97. The summed E-state index contributed by atoms with van der Waals surface area (Å²) < 4.78 is 30.3.